The molecule has 2 atom stereocenters. The van der Waals surface area contributed by atoms with E-state index in [2.05, 4.69) is 4.74 Å². The molecule has 138 valence electrons. The number of ether oxygens (including phenoxy) is 1. The number of carbonyl (C=O) groups excluding carboxylic acids is 3. The lowest BCUT2D eigenvalue weighted by Crippen LogP contribution is -2.33. The number of amides is 2. The van der Waals surface area contributed by atoms with Crippen LogP contribution in [0.3, 0.4) is 0 Å². The summed E-state index contributed by atoms with van der Waals surface area (Å²) in [6, 6.07) is 12.3. The van der Waals surface area contributed by atoms with Crippen LogP contribution in [0.25, 0.3) is 0 Å². The molecular weight excluding hydrogens is 360 g/mol. The molecule has 2 aromatic rings. The van der Waals surface area contributed by atoms with Crippen molar-refractivity contribution in [1.82, 2.24) is 5.06 Å². The van der Waals surface area contributed by atoms with Gasteiger partial charge in [-0.2, -0.15) is 8.78 Å². The first kappa shape index (κ1) is 17.1. The van der Waals surface area contributed by atoms with E-state index in [-0.39, 0.29) is 22.8 Å². The van der Waals surface area contributed by atoms with E-state index in [1.807, 2.05) is 0 Å². The van der Waals surface area contributed by atoms with Crippen LogP contribution < -0.4 is 4.74 Å². The summed E-state index contributed by atoms with van der Waals surface area (Å²) in [5, 5.41) is 0.448. The number of carbonyl (C=O) groups is 3. The average Bonchev–Trinajstić information content (AvgIpc) is 3.41. The van der Waals surface area contributed by atoms with Crippen molar-refractivity contribution in [2.45, 2.75) is 19.0 Å². The van der Waals surface area contributed by atoms with Crippen molar-refractivity contribution >= 4 is 17.8 Å². The number of hydrogen-bond donors (Lipinski definition) is 0. The van der Waals surface area contributed by atoms with Crippen LogP contribution in [0.2, 0.25) is 0 Å². The fourth-order valence-electron chi connectivity index (χ4n) is 3.20. The SMILES string of the molecule is O=C(ON1C(=O)c2ccccc2C1=O)C1CC1c1ccccc1OC(F)F. The third-order valence-electron chi connectivity index (χ3n) is 4.57. The third kappa shape index (κ3) is 3.03. The van der Waals surface area contributed by atoms with Crippen LogP contribution >= 0.6 is 0 Å². The van der Waals surface area contributed by atoms with Gasteiger partial charge >= 0.3 is 12.6 Å². The number of imide groups is 1. The number of rotatable bonds is 5. The second kappa shape index (κ2) is 6.46. The molecule has 2 amide bonds. The van der Waals surface area contributed by atoms with E-state index in [0.717, 1.165) is 0 Å². The van der Waals surface area contributed by atoms with Crippen LogP contribution in [0.5, 0.6) is 5.75 Å². The monoisotopic (exact) mass is 373 g/mol. The highest BCUT2D eigenvalue weighted by Crippen LogP contribution is 2.51. The molecule has 0 radical (unpaired) electrons. The number of halogens is 2. The molecular formula is C19H13F2NO5. The Morgan fingerprint density at radius 1 is 1.00 bits per heavy atom. The van der Waals surface area contributed by atoms with E-state index in [4.69, 9.17) is 4.84 Å². The van der Waals surface area contributed by atoms with Gasteiger partial charge in [0.15, 0.2) is 0 Å². The molecule has 0 aromatic heterocycles. The molecule has 1 aliphatic heterocycles. The molecule has 1 aliphatic carbocycles. The number of benzene rings is 2. The number of para-hydroxylation sites is 1. The summed E-state index contributed by atoms with van der Waals surface area (Å²) in [6.45, 7) is -2.98. The summed E-state index contributed by atoms with van der Waals surface area (Å²) in [5.41, 5.74) is 0.791. The Hall–Kier alpha value is -3.29. The summed E-state index contributed by atoms with van der Waals surface area (Å²) < 4.78 is 29.5. The van der Waals surface area contributed by atoms with Crippen LogP contribution in [0.15, 0.2) is 48.5 Å². The van der Waals surface area contributed by atoms with Gasteiger partial charge < -0.3 is 9.57 Å². The summed E-state index contributed by atoms with van der Waals surface area (Å²) in [7, 11) is 0. The molecule has 0 bridgehead atoms. The lowest BCUT2D eigenvalue weighted by molar-refractivity contribution is -0.170. The average molecular weight is 373 g/mol. The molecule has 6 nitrogen and oxygen atoms in total. The Labute approximate surface area is 152 Å². The predicted octanol–water partition coefficient (Wildman–Crippen LogP) is 3.15. The smallest absolute Gasteiger partial charge is 0.387 e. The van der Waals surface area contributed by atoms with Gasteiger partial charge in [0.2, 0.25) is 0 Å². The number of hydrogen-bond acceptors (Lipinski definition) is 5. The first-order valence-electron chi connectivity index (χ1n) is 8.20. The minimum atomic E-state index is -2.98. The van der Waals surface area contributed by atoms with Gasteiger partial charge in [-0.15, -0.1) is 0 Å². The molecule has 2 aromatic carbocycles. The molecule has 8 heteroatoms. The normalized spacial score (nSPS) is 20.6. The van der Waals surface area contributed by atoms with Crippen LogP contribution in [-0.2, 0) is 9.63 Å². The van der Waals surface area contributed by atoms with Crippen molar-refractivity contribution in [1.29, 1.82) is 0 Å². The molecule has 2 unspecified atom stereocenters. The van der Waals surface area contributed by atoms with Crippen molar-refractivity contribution in [3.63, 3.8) is 0 Å². The van der Waals surface area contributed by atoms with Crippen LogP contribution in [-0.4, -0.2) is 29.5 Å². The highest BCUT2D eigenvalue weighted by Gasteiger charge is 2.49. The Bertz CT molecular complexity index is 910. The predicted molar refractivity (Wildman–Crippen MR) is 87.0 cm³/mol. The largest absolute Gasteiger partial charge is 0.435 e. The van der Waals surface area contributed by atoms with Gasteiger partial charge in [-0.3, -0.25) is 9.59 Å². The summed E-state index contributed by atoms with van der Waals surface area (Å²) in [4.78, 5) is 41.9. The summed E-state index contributed by atoms with van der Waals surface area (Å²) in [5.74, 6) is -3.19. The molecule has 0 N–H and O–H groups in total. The van der Waals surface area contributed by atoms with Gasteiger partial charge in [-0.25, -0.2) is 4.79 Å². The van der Waals surface area contributed by atoms with Gasteiger partial charge in [-0.05, 0) is 30.2 Å². The molecule has 1 saturated carbocycles. The van der Waals surface area contributed by atoms with Gasteiger partial charge in [0.1, 0.15) is 5.75 Å². The van der Waals surface area contributed by atoms with E-state index in [1.165, 1.54) is 18.2 Å². The second-order valence-corrected chi connectivity index (χ2v) is 6.23. The van der Waals surface area contributed by atoms with Crippen molar-refractivity contribution in [2.24, 2.45) is 5.92 Å². The zero-order valence-corrected chi connectivity index (χ0v) is 13.8. The second-order valence-electron chi connectivity index (χ2n) is 6.23. The minimum Gasteiger partial charge on any atom is -0.435 e. The van der Waals surface area contributed by atoms with Gasteiger partial charge in [0.25, 0.3) is 11.8 Å². The van der Waals surface area contributed by atoms with Crippen LogP contribution in [0.1, 0.15) is 38.6 Å². The van der Waals surface area contributed by atoms with E-state index in [0.29, 0.717) is 17.0 Å². The van der Waals surface area contributed by atoms with E-state index >= 15 is 0 Å². The highest BCUT2D eigenvalue weighted by molar-refractivity contribution is 6.20. The molecule has 2 aliphatic rings. The summed E-state index contributed by atoms with van der Waals surface area (Å²) >= 11 is 0. The number of hydroxylamine groups is 2. The molecule has 4 rings (SSSR count). The molecule has 0 saturated heterocycles. The number of alkyl halides is 2. The minimum absolute atomic E-state index is 0.00599. The van der Waals surface area contributed by atoms with E-state index < -0.39 is 30.3 Å². The zero-order chi connectivity index (χ0) is 19.1. The molecule has 1 heterocycles. The van der Waals surface area contributed by atoms with E-state index in [9.17, 15) is 23.2 Å². The maximum absolute atomic E-state index is 12.5. The fraction of sp³-hybridized carbons (Fsp3) is 0.211. The van der Waals surface area contributed by atoms with Crippen LogP contribution in [0.4, 0.5) is 8.78 Å². The fourth-order valence-corrected chi connectivity index (χ4v) is 3.20. The number of fused-ring (bicyclic) bond motifs is 1. The van der Waals surface area contributed by atoms with Gasteiger partial charge in [-0.1, -0.05) is 35.4 Å². The quantitative estimate of drug-likeness (QED) is 0.753. The topological polar surface area (TPSA) is 72.9 Å². The molecule has 0 spiro atoms. The Morgan fingerprint density at radius 2 is 1.59 bits per heavy atom. The summed E-state index contributed by atoms with van der Waals surface area (Å²) in [6.07, 6.45) is 0.353. The lowest BCUT2D eigenvalue weighted by Gasteiger charge is -2.13. The van der Waals surface area contributed by atoms with Crippen molar-refractivity contribution in [3.05, 3.63) is 65.2 Å². The van der Waals surface area contributed by atoms with E-state index in [1.54, 1.807) is 30.3 Å². The van der Waals surface area contributed by atoms with Crippen molar-refractivity contribution in [2.75, 3.05) is 0 Å². The Morgan fingerprint density at radius 3 is 2.22 bits per heavy atom. The number of nitrogens with zero attached hydrogens (tertiary/aromatic N) is 1. The van der Waals surface area contributed by atoms with Crippen LogP contribution in [0, 0.1) is 5.92 Å². The van der Waals surface area contributed by atoms with Gasteiger partial charge in [0.05, 0.1) is 17.0 Å². The standard InChI is InChI=1S/C19H13F2NO5/c20-19(21)26-15-8-4-3-5-10(15)13-9-14(13)18(25)27-22-16(23)11-6-1-2-7-12(11)17(22)24/h1-8,13-14,19H,9H2. The third-order valence-corrected chi connectivity index (χ3v) is 4.57. The first-order chi connectivity index (χ1) is 13.0. The van der Waals surface area contributed by atoms with Crippen molar-refractivity contribution < 1.29 is 32.7 Å². The maximum Gasteiger partial charge on any atom is 0.387 e. The first-order valence-corrected chi connectivity index (χ1v) is 8.20. The maximum atomic E-state index is 12.5. The van der Waals surface area contributed by atoms with Gasteiger partial charge in [0, 0.05) is 5.92 Å². The van der Waals surface area contributed by atoms with Crippen molar-refractivity contribution in [3.8, 4) is 5.75 Å². The molecule has 1 fully saturated rings. The zero-order valence-electron chi connectivity index (χ0n) is 13.8. The Balaban J connectivity index is 1.46. The lowest BCUT2D eigenvalue weighted by atomic mass is 10.1. The Kier molecular flexibility index (Phi) is 4.10. The molecule has 27 heavy (non-hydrogen) atoms. The highest BCUT2D eigenvalue weighted by atomic mass is 19.3.